The maximum Gasteiger partial charge on any atom is 0.234 e. The number of likely N-dealkylation sites (N-methyl/N-ethyl adjacent to an activating group) is 1. The van der Waals surface area contributed by atoms with Crippen LogP contribution in [0.4, 0.5) is 0 Å². The minimum absolute atomic E-state index is 0.129. The van der Waals surface area contributed by atoms with Crippen molar-refractivity contribution in [3.63, 3.8) is 0 Å². The van der Waals surface area contributed by atoms with Crippen molar-refractivity contribution >= 4 is 27.5 Å². The molecule has 1 aliphatic carbocycles. The summed E-state index contributed by atoms with van der Waals surface area (Å²) in [6, 6.07) is 8.50. The van der Waals surface area contributed by atoms with E-state index in [0.29, 0.717) is 31.0 Å². The van der Waals surface area contributed by atoms with Crippen LogP contribution in [0.5, 0.6) is 0 Å². The number of benzene rings is 1. The van der Waals surface area contributed by atoms with E-state index in [0.717, 1.165) is 16.9 Å². The molecule has 0 unspecified atom stereocenters. The van der Waals surface area contributed by atoms with Gasteiger partial charge < -0.3 is 5.32 Å². The van der Waals surface area contributed by atoms with Crippen molar-refractivity contribution in [3.8, 4) is 0 Å². The van der Waals surface area contributed by atoms with Gasteiger partial charge in [0.1, 0.15) is 5.01 Å². The number of carbonyl (C=O) groups excluding carboxylic acids is 1. The Morgan fingerprint density at radius 2 is 2.12 bits per heavy atom. The molecule has 130 valence electrons. The molecule has 1 amide bonds. The van der Waals surface area contributed by atoms with Gasteiger partial charge >= 0.3 is 0 Å². The van der Waals surface area contributed by atoms with Gasteiger partial charge in [-0.2, -0.15) is 0 Å². The van der Waals surface area contributed by atoms with Crippen molar-refractivity contribution in [2.75, 3.05) is 13.6 Å². The molecule has 1 N–H and O–H groups in total. The van der Waals surface area contributed by atoms with Gasteiger partial charge in [0.2, 0.25) is 5.91 Å². The molecule has 0 bridgehead atoms. The molecule has 5 heteroatoms. The van der Waals surface area contributed by atoms with E-state index in [-0.39, 0.29) is 5.91 Å². The first kappa shape index (κ1) is 17.4. The molecule has 3 atom stereocenters. The Morgan fingerprint density at radius 3 is 2.92 bits per heavy atom. The van der Waals surface area contributed by atoms with Gasteiger partial charge in [0, 0.05) is 6.04 Å². The minimum Gasteiger partial charge on any atom is -0.352 e. The zero-order chi connectivity index (χ0) is 17.1. The van der Waals surface area contributed by atoms with Gasteiger partial charge in [-0.05, 0) is 37.4 Å². The summed E-state index contributed by atoms with van der Waals surface area (Å²) < 4.78 is 1.20. The first-order valence-electron chi connectivity index (χ1n) is 8.85. The monoisotopic (exact) mass is 345 g/mol. The number of carbonyl (C=O) groups is 1. The molecule has 0 radical (unpaired) electrons. The smallest absolute Gasteiger partial charge is 0.234 e. The van der Waals surface area contributed by atoms with Crippen LogP contribution in [0.15, 0.2) is 24.3 Å². The van der Waals surface area contributed by atoms with E-state index in [1.54, 1.807) is 11.3 Å². The van der Waals surface area contributed by atoms with Gasteiger partial charge in [-0.1, -0.05) is 38.8 Å². The van der Waals surface area contributed by atoms with Crippen LogP contribution < -0.4 is 5.32 Å². The number of nitrogens with one attached hydrogen (secondary N) is 1. The Balaban J connectivity index is 1.52. The lowest BCUT2D eigenvalue weighted by Gasteiger charge is -2.34. The van der Waals surface area contributed by atoms with Crippen LogP contribution in [-0.4, -0.2) is 35.4 Å². The van der Waals surface area contributed by atoms with E-state index in [1.807, 2.05) is 30.1 Å². The molecule has 1 aromatic heterocycles. The van der Waals surface area contributed by atoms with Crippen LogP contribution in [0, 0.1) is 11.8 Å². The Hall–Kier alpha value is -1.46. The average Bonchev–Trinajstić information content (AvgIpc) is 2.93. The summed E-state index contributed by atoms with van der Waals surface area (Å²) in [6.45, 7) is 5.69. The van der Waals surface area contributed by atoms with Crippen molar-refractivity contribution < 1.29 is 4.79 Å². The molecule has 1 heterocycles. The highest BCUT2D eigenvalue weighted by Gasteiger charge is 2.28. The summed E-state index contributed by atoms with van der Waals surface area (Å²) in [4.78, 5) is 19.1. The largest absolute Gasteiger partial charge is 0.352 e. The van der Waals surface area contributed by atoms with E-state index < -0.39 is 0 Å². The lowest BCUT2D eigenvalue weighted by molar-refractivity contribution is -0.123. The van der Waals surface area contributed by atoms with E-state index in [2.05, 4.69) is 30.2 Å². The van der Waals surface area contributed by atoms with Gasteiger partial charge in [0.05, 0.1) is 23.3 Å². The van der Waals surface area contributed by atoms with Crippen LogP contribution in [-0.2, 0) is 11.3 Å². The van der Waals surface area contributed by atoms with Crippen molar-refractivity contribution in [2.45, 2.75) is 45.7 Å². The number of nitrogens with zero attached hydrogens (tertiary/aromatic N) is 2. The average molecular weight is 346 g/mol. The van der Waals surface area contributed by atoms with E-state index in [1.165, 1.54) is 17.5 Å². The Bertz CT molecular complexity index is 666. The highest BCUT2D eigenvalue weighted by molar-refractivity contribution is 7.18. The summed E-state index contributed by atoms with van der Waals surface area (Å²) in [5, 5.41) is 4.31. The van der Waals surface area contributed by atoms with Crippen LogP contribution >= 0.6 is 11.3 Å². The summed E-state index contributed by atoms with van der Waals surface area (Å²) >= 11 is 1.70. The van der Waals surface area contributed by atoms with Gasteiger partial charge in [0.25, 0.3) is 0 Å². The molecule has 1 saturated carbocycles. The zero-order valence-corrected chi connectivity index (χ0v) is 15.6. The molecule has 3 rings (SSSR count). The summed E-state index contributed by atoms with van der Waals surface area (Å²) in [6.07, 6.45) is 3.61. The SMILES string of the molecule is C[C@H]1[C@@H](NC(=O)CN(C)Cc2nc3ccccc3s2)CCC[C@@H]1C. The first-order chi connectivity index (χ1) is 11.5. The lowest BCUT2D eigenvalue weighted by atomic mass is 9.78. The standard InChI is InChI=1S/C19H27N3OS/c1-13-7-6-9-15(14(13)2)20-18(23)11-22(3)12-19-21-16-8-4-5-10-17(16)24-19/h4-5,8,10,13-15H,6-7,9,11-12H2,1-3H3,(H,20,23)/t13-,14+,15-/m0/s1. The molecular formula is C19H27N3OS. The third-order valence-electron chi connectivity index (χ3n) is 5.21. The van der Waals surface area contributed by atoms with E-state index in [9.17, 15) is 4.79 Å². The van der Waals surface area contributed by atoms with Crippen LogP contribution in [0.25, 0.3) is 10.2 Å². The second-order valence-electron chi connectivity index (χ2n) is 7.19. The van der Waals surface area contributed by atoms with Gasteiger partial charge in [-0.25, -0.2) is 4.98 Å². The number of hydrogen-bond acceptors (Lipinski definition) is 4. The second kappa shape index (κ2) is 7.62. The molecule has 1 fully saturated rings. The van der Waals surface area contributed by atoms with Gasteiger partial charge in [-0.3, -0.25) is 9.69 Å². The first-order valence-corrected chi connectivity index (χ1v) is 9.67. The number of fused-ring (bicyclic) bond motifs is 1. The van der Waals surface area contributed by atoms with Crippen molar-refractivity contribution in [1.29, 1.82) is 0 Å². The zero-order valence-electron chi connectivity index (χ0n) is 14.8. The lowest BCUT2D eigenvalue weighted by Crippen LogP contribution is -2.46. The molecule has 0 aliphatic heterocycles. The van der Waals surface area contributed by atoms with Crippen molar-refractivity contribution in [1.82, 2.24) is 15.2 Å². The van der Waals surface area contributed by atoms with Crippen LogP contribution in [0.1, 0.15) is 38.1 Å². The molecule has 0 saturated heterocycles. The molecule has 0 spiro atoms. The number of aromatic nitrogens is 1. The maximum absolute atomic E-state index is 12.4. The molecular weight excluding hydrogens is 318 g/mol. The van der Waals surface area contributed by atoms with E-state index in [4.69, 9.17) is 0 Å². The third kappa shape index (κ3) is 4.14. The van der Waals surface area contributed by atoms with Crippen LogP contribution in [0.3, 0.4) is 0 Å². The number of hydrogen-bond donors (Lipinski definition) is 1. The second-order valence-corrected chi connectivity index (χ2v) is 8.30. The molecule has 2 aromatic rings. The summed E-state index contributed by atoms with van der Waals surface area (Å²) in [5.41, 5.74) is 1.04. The quantitative estimate of drug-likeness (QED) is 0.899. The molecule has 4 nitrogen and oxygen atoms in total. The fourth-order valence-corrected chi connectivity index (χ4v) is 4.61. The normalized spacial score (nSPS) is 24.4. The molecule has 1 aromatic carbocycles. The fraction of sp³-hybridized carbons (Fsp3) is 0.579. The number of thiazole rings is 1. The predicted octanol–water partition coefficient (Wildman–Crippen LogP) is 3.67. The molecule has 24 heavy (non-hydrogen) atoms. The van der Waals surface area contributed by atoms with Crippen LogP contribution in [0.2, 0.25) is 0 Å². The van der Waals surface area contributed by atoms with Crippen molar-refractivity contribution in [3.05, 3.63) is 29.3 Å². The third-order valence-corrected chi connectivity index (χ3v) is 6.23. The topological polar surface area (TPSA) is 45.2 Å². The number of rotatable bonds is 5. The highest BCUT2D eigenvalue weighted by atomic mass is 32.1. The molecule has 1 aliphatic rings. The Kier molecular flexibility index (Phi) is 5.51. The summed E-state index contributed by atoms with van der Waals surface area (Å²) in [7, 11) is 1.98. The summed E-state index contributed by atoms with van der Waals surface area (Å²) in [5.74, 6) is 1.39. The van der Waals surface area contributed by atoms with Gasteiger partial charge in [-0.15, -0.1) is 11.3 Å². The Morgan fingerprint density at radius 1 is 1.33 bits per heavy atom. The maximum atomic E-state index is 12.4. The number of para-hydroxylation sites is 1. The predicted molar refractivity (Wildman–Crippen MR) is 100 cm³/mol. The highest BCUT2D eigenvalue weighted by Crippen LogP contribution is 2.29. The van der Waals surface area contributed by atoms with Crippen molar-refractivity contribution in [2.24, 2.45) is 11.8 Å². The fourth-order valence-electron chi connectivity index (χ4n) is 3.56. The number of amides is 1. The van der Waals surface area contributed by atoms with E-state index >= 15 is 0 Å². The Labute approximate surface area is 148 Å². The van der Waals surface area contributed by atoms with Gasteiger partial charge in [0.15, 0.2) is 0 Å². The minimum atomic E-state index is 0.129.